The highest BCUT2D eigenvalue weighted by Crippen LogP contribution is 2.31. The Morgan fingerprint density at radius 2 is 1.65 bits per heavy atom. The molecule has 4 heteroatoms. The second-order valence-electron chi connectivity index (χ2n) is 4.81. The fourth-order valence-corrected chi connectivity index (χ4v) is 2.42. The lowest BCUT2D eigenvalue weighted by molar-refractivity contribution is 0.471. The molecule has 0 spiro atoms. The van der Waals surface area contributed by atoms with Gasteiger partial charge in [-0.15, -0.1) is 0 Å². The molecule has 2 rings (SSSR count). The zero-order valence-electron chi connectivity index (χ0n) is 11.6. The van der Waals surface area contributed by atoms with Crippen molar-refractivity contribution in [3.8, 4) is 0 Å². The highest BCUT2D eigenvalue weighted by Gasteiger charge is 2.21. The van der Waals surface area contributed by atoms with E-state index in [2.05, 4.69) is 10.3 Å². The van der Waals surface area contributed by atoms with Crippen LogP contribution in [-0.4, -0.2) is 11.5 Å². The van der Waals surface area contributed by atoms with Crippen molar-refractivity contribution in [1.82, 2.24) is 10.3 Å². The van der Waals surface area contributed by atoms with E-state index in [-0.39, 0.29) is 12.0 Å². The molecular formula is C16H18F2N2. The van der Waals surface area contributed by atoms with Gasteiger partial charge in [-0.2, -0.15) is 0 Å². The van der Waals surface area contributed by atoms with E-state index in [1.807, 2.05) is 26.0 Å². The van der Waals surface area contributed by atoms with Crippen LogP contribution in [0.5, 0.6) is 0 Å². The van der Waals surface area contributed by atoms with Crippen LogP contribution in [0.1, 0.15) is 36.9 Å². The Bertz CT molecular complexity index is 537. The summed E-state index contributed by atoms with van der Waals surface area (Å²) < 4.78 is 26.8. The average Bonchev–Trinajstić information content (AvgIpc) is 2.44. The molecule has 0 saturated carbocycles. The van der Waals surface area contributed by atoms with Gasteiger partial charge < -0.3 is 5.32 Å². The Morgan fingerprint density at radius 1 is 1.05 bits per heavy atom. The van der Waals surface area contributed by atoms with Gasteiger partial charge in [0.1, 0.15) is 11.6 Å². The summed E-state index contributed by atoms with van der Waals surface area (Å²) in [5.41, 5.74) is 1.70. The summed E-state index contributed by atoms with van der Waals surface area (Å²) in [4.78, 5) is 3.99. The number of aromatic nitrogens is 1. The molecule has 0 aliphatic carbocycles. The third-order valence-electron chi connectivity index (χ3n) is 3.40. The first kappa shape index (κ1) is 14.6. The molecule has 2 atom stereocenters. The molecule has 2 aromatic rings. The summed E-state index contributed by atoms with van der Waals surface area (Å²) >= 11 is 0. The number of halogens is 2. The number of nitrogens with zero attached hydrogens (tertiary/aromatic N) is 1. The Balaban J connectivity index is 2.35. The molecule has 0 fully saturated rings. The van der Waals surface area contributed by atoms with Crippen molar-refractivity contribution in [2.24, 2.45) is 0 Å². The molecule has 0 radical (unpaired) electrons. The number of likely N-dealkylation sites (N-methyl/N-ethyl adjacent to an activating group) is 1. The van der Waals surface area contributed by atoms with Gasteiger partial charge in [0.2, 0.25) is 0 Å². The first-order valence-electron chi connectivity index (χ1n) is 6.71. The standard InChI is InChI=1S/C16H18F2N2/c1-3-20-16(11(2)12-4-6-19-7-5-12)13-8-14(17)10-15(18)9-13/h4-11,16,20H,3H2,1-2H3. The summed E-state index contributed by atoms with van der Waals surface area (Å²) in [6.45, 7) is 4.73. The highest BCUT2D eigenvalue weighted by atomic mass is 19.1. The van der Waals surface area contributed by atoms with E-state index in [4.69, 9.17) is 0 Å². The molecule has 1 aromatic heterocycles. The topological polar surface area (TPSA) is 24.9 Å². The highest BCUT2D eigenvalue weighted by molar-refractivity contribution is 5.27. The van der Waals surface area contributed by atoms with Crippen LogP contribution in [0.3, 0.4) is 0 Å². The third-order valence-corrected chi connectivity index (χ3v) is 3.40. The monoisotopic (exact) mass is 276 g/mol. The first-order valence-corrected chi connectivity index (χ1v) is 6.71. The molecule has 0 aliphatic heterocycles. The minimum Gasteiger partial charge on any atom is -0.310 e. The van der Waals surface area contributed by atoms with E-state index >= 15 is 0 Å². The maximum absolute atomic E-state index is 13.4. The van der Waals surface area contributed by atoms with Crippen LogP contribution in [0.4, 0.5) is 8.78 Å². The maximum Gasteiger partial charge on any atom is 0.126 e. The number of pyridine rings is 1. The average molecular weight is 276 g/mol. The first-order chi connectivity index (χ1) is 9.61. The van der Waals surface area contributed by atoms with Gasteiger partial charge in [-0.3, -0.25) is 4.98 Å². The van der Waals surface area contributed by atoms with Gasteiger partial charge in [0.25, 0.3) is 0 Å². The molecule has 0 aliphatic rings. The van der Waals surface area contributed by atoms with Crippen molar-refractivity contribution in [2.75, 3.05) is 6.54 Å². The fraction of sp³-hybridized carbons (Fsp3) is 0.312. The lowest BCUT2D eigenvalue weighted by Gasteiger charge is -2.25. The molecule has 1 aromatic carbocycles. The van der Waals surface area contributed by atoms with Crippen molar-refractivity contribution >= 4 is 0 Å². The van der Waals surface area contributed by atoms with Gasteiger partial charge in [0.05, 0.1) is 0 Å². The predicted molar refractivity (Wildman–Crippen MR) is 75.4 cm³/mol. The summed E-state index contributed by atoms with van der Waals surface area (Å²) in [6.07, 6.45) is 3.45. The minimum atomic E-state index is -0.551. The molecule has 1 N–H and O–H groups in total. The van der Waals surface area contributed by atoms with E-state index in [0.29, 0.717) is 5.56 Å². The second-order valence-corrected chi connectivity index (χ2v) is 4.81. The molecular weight excluding hydrogens is 258 g/mol. The van der Waals surface area contributed by atoms with Gasteiger partial charge in [0.15, 0.2) is 0 Å². The third kappa shape index (κ3) is 3.39. The number of hydrogen-bond donors (Lipinski definition) is 1. The Hall–Kier alpha value is -1.81. The van der Waals surface area contributed by atoms with Crippen LogP contribution in [0.25, 0.3) is 0 Å². The van der Waals surface area contributed by atoms with Gasteiger partial charge in [0, 0.05) is 30.4 Å². The van der Waals surface area contributed by atoms with Gasteiger partial charge in [-0.05, 0) is 41.9 Å². The van der Waals surface area contributed by atoms with Crippen LogP contribution < -0.4 is 5.32 Å². The van der Waals surface area contributed by atoms with Crippen molar-refractivity contribution in [3.05, 3.63) is 65.5 Å². The second kappa shape index (κ2) is 6.57. The van der Waals surface area contributed by atoms with Crippen LogP contribution in [0.2, 0.25) is 0 Å². The van der Waals surface area contributed by atoms with Crippen molar-refractivity contribution in [3.63, 3.8) is 0 Å². The number of benzene rings is 1. The normalized spacial score (nSPS) is 14.0. The number of hydrogen-bond acceptors (Lipinski definition) is 2. The van der Waals surface area contributed by atoms with E-state index in [0.717, 1.165) is 18.2 Å². The van der Waals surface area contributed by atoms with Gasteiger partial charge in [-0.25, -0.2) is 8.78 Å². The van der Waals surface area contributed by atoms with Crippen molar-refractivity contribution < 1.29 is 8.78 Å². The Labute approximate surface area is 117 Å². The Kier molecular flexibility index (Phi) is 4.79. The summed E-state index contributed by atoms with van der Waals surface area (Å²) in [6, 6.07) is 7.36. The Morgan fingerprint density at radius 3 is 2.20 bits per heavy atom. The van der Waals surface area contributed by atoms with Crippen LogP contribution in [0, 0.1) is 11.6 Å². The van der Waals surface area contributed by atoms with E-state index < -0.39 is 11.6 Å². The summed E-state index contributed by atoms with van der Waals surface area (Å²) in [7, 11) is 0. The minimum absolute atomic E-state index is 0.0825. The molecule has 0 saturated heterocycles. The predicted octanol–water partition coefficient (Wildman–Crippen LogP) is 3.81. The zero-order chi connectivity index (χ0) is 14.5. The lowest BCUT2D eigenvalue weighted by Crippen LogP contribution is -2.26. The van der Waals surface area contributed by atoms with Crippen LogP contribution in [0.15, 0.2) is 42.7 Å². The molecule has 20 heavy (non-hydrogen) atoms. The molecule has 106 valence electrons. The molecule has 0 amide bonds. The van der Waals surface area contributed by atoms with Crippen molar-refractivity contribution in [2.45, 2.75) is 25.8 Å². The number of rotatable bonds is 5. The van der Waals surface area contributed by atoms with E-state index in [1.165, 1.54) is 12.1 Å². The van der Waals surface area contributed by atoms with Crippen LogP contribution >= 0.6 is 0 Å². The lowest BCUT2D eigenvalue weighted by atomic mass is 9.89. The number of nitrogens with one attached hydrogen (secondary N) is 1. The van der Waals surface area contributed by atoms with E-state index in [1.54, 1.807) is 12.4 Å². The molecule has 0 bridgehead atoms. The molecule has 2 unspecified atom stereocenters. The largest absolute Gasteiger partial charge is 0.310 e. The van der Waals surface area contributed by atoms with Gasteiger partial charge in [-0.1, -0.05) is 13.8 Å². The molecule has 2 nitrogen and oxygen atoms in total. The summed E-state index contributed by atoms with van der Waals surface area (Å²) in [5, 5.41) is 3.30. The zero-order valence-corrected chi connectivity index (χ0v) is 11.6. The van der Waals surface area contributed by atoms with Crippen LogP contribution in [-0.2, 0) is 0 Å². The molecule has 1 heterocycles. The SMILES string of the molecule is CCNC(c1cc(F)cc(F)c1)C(C)c1ccncc1. The summed E-state index contributed by atoms with van der Waals surface area (Å²) in [5.74, 6) is -1.02. The maximum atomic E-state index is 13.4. The van der Waals surface area contributed by atoms with E-state index in [9.17, 15) is 8.78 Å². The van der Waals surface area contributed by atoms with Crippen molar-refractivity contribution in [1.29, 1.82) is 0 Å². The van der Waals surface area contributed by atoms with Gasteiger partial charge >= 0.3 is 0 Å². The fourth-order valence-electron chi connectivity index (χ4n) is 2.42. The smallest absolute Gasteiger partial charge is 0.126 e. The quantitative estimate of drug-likeness (QED) is 0.898.